The highest BCUT2D eigenvalue weighted by atomic mass is 31.2. The zero-order chi connectivity index (χ0) is 25.4. The Balaban J connectivity index is 2.29. The van der Waals surface area contributed by atoms with Gasteiger partial charge in [-0.25, -0.2) is 0 Å². The van der Waals surface area contributed by atoms with Crippen LogP contribution in [0.25, 0.3) is 12.2 Å². The van der Waals surface area contributed by atoms with Crippen LogP contribution < -0.4 is 28.4 Å². The SMILES string of the molecule is CCOc1ccc(/C=C\c2cc(OC)c(OC)c(OC)c2)cc1OP(=O)([O-])OCC[N+](C)(C)C. The van der Waals surface area contributed by atoms with E-state index in [4.69, 9.17) is 28.0 Å². The minimum absolute atomic E-state index is 0.00890. The maximum atomic E-state index is 12.4. The van der Waals surface area contributed by atoms with Gasteiger partial charge < -0.3 is 37.4 Å². The molecule has 0 amide bonds. The zero-order valence-corrected chi connectivity index (χ0v) is 21.7. The van der Waals surface area contributed by atoms with Crippen LogP contribution >= 0.6 is 7.82 Å². The standard InChI is InChI=1S/C24H34NO8P/c1-8-31-20-12-11-18(15-21(20)33-34(26,27)32-14-13-25(2,3)4)9-10-19-16-22(28-5)24(30-7)23(17-19)29-6/h9-12,15-17H,8,13-14H2,1-7H3/b10-9-. The van der Waals surface area contributed by atoms with Crippen molar-refractivity contribution in [1.82, 2.24) is 0 Å². The summed E-state index contributed by atoms with van der Waals surface area (Å²) in [4.78, 5) is 12.4. The van der Waals surface area contributed by atoms with E-state index in [1.807, 2.05) is 27.2 Å². The van der Waals surface area contributed by atoms with Crippen LogP contribution in [0.1, 0.15) is 18.1 Å². The van der Waals surface area contributed by atoms with E-state index in [0.717, 1.165) is 5.56 Å². The normalized spacial score (nSPS) is 13.4. The minimum atomic E-state index is -4.59. The molecule has 0 aromatic heterocycles. The Bertz CT molecular complexity index is 1010. The summed E-state index contributed by atoms with van der Waals surface area (Å²) in [7, 11) is 5.87. The van der Waals surface area contributed by atoms with Gasteiger partial charge in [0, 0.05) is 0 Å². The molecular formula is C24H34NO8P. The molecule has 1 unspecified atom stereocenters. The second-order valence-corrected chi connectivity index (χ2v) is 9.65. The Hall–Kier alpha value is -2.71. The number of phosphoric ester groups is 1. The first-order valence-electron chi connectivity index (χ1n) is 10.7. The molecule has 0 aliphatic rings. The van der Waals surface area contributed by atoms with Crippen molar-refractivity contribution >= 4 is 20.0 Å². The van der Waals surface area contributed by atoms with Crippen LogP contribution in [-0.2, 0) is 9.09 Å². The molecule has 0 bridgehead atoms. The molecule has 0 N–H and O–H groups in total. The lowest BCUT2D eigenvalue weighted by molar-refractivity contribution is -0.870. The summed E-state index contributed by atoms with van der Waals surface area (Å²) < 4.78 is 44.9. The van der Waals surface area contributed by atoms with Gasteiger partial charge in [-0.15, -0.1) is 0 Å². The number of ether oxygens (including phenoxy) is 4. The van der Waals surface area contributed by atoms with Crippen molar-refractivity contribution in [3.63, 3.8) is 0 Å². The van der Waals surface area contributed by atoms with Crippen LogP contribution in [0.5, 0.6) is 28.7 Å². The van der Waals surface area contributed by atoms with E-state index in [9.17, 15) is 9.46 Å². The van der Waals surface area contributed by atoms with Gasteiger partial charge in [0.1, 0.15) is 13.2 Å². The number of phosphoric acid groups is 1. The third-order valence-electron chi connectivity index (χ3n) is 4.64. The fraction of sp³-hybridized carbons (Fsp3) is 0.417. The number of quaternary nitrogens is 1. The Morgan fingerprint density at radius 3 is 2.00 bits per heavy atom. The monoisotopic (exact) mass is 495 g/mol. The summed E-state index contributed by atoms with van der Waals surface area (Å²) in [6.07, 6.45) is 3.63. The van der Waals surface area contributed by atoms with Crippen LogP contribution in [-0.4, -0.2) is 66.7 Å². The van der Waals surface area contributed by atoms with Crippen LogP contribution in [0.4, 0.5) is 0 Å². The molecule has 2 aromatic carbocycles. The topological polar surface area (TPSA) is 95.5 Å². The molecule has 188 valence electrons. The van der Waals surface area contributed by atoms with Crippen molar-refractivity contribution < 1.29 is 41.9 Å². The summed E-state index contributed by atoms with van der Waals surface area (Å²) in [5.41, 5.74) is 1.49. The second-order valence-electron chi connectivity index (χ2n) is 8.32. The lowest BCUT2D eigenvalue weighted by atomic mass is 10.1. The van der Waals surface area contributed by atoms with E-state index >= 15 is 0 Å². The molecule has 0 aliphatic heterocycles. The number of likely N-dealkylation sites (N-methyl/N-ethyl adjacent to an activating group) is 1. The summed E-state index contributed by atoms with van der Waals surface area (Å²) in [6, 6.07) is 8.63. The molecule has 2 rings (SSSR count). The van der Waals surface area contributed by atoms with Crippen molar-refractivity contribution in [3.8, 4) is 28.7 Å². The fourth-order valence-electron chi connectivity index (χ4n) is 2.94. The van der Waals surface area contributed by atoms with E-state index in [2.05, 4.69) is 0 Å². The molecule has 0 radical (unpaired) electrons. The number of methoxy groups -OCH3 is 3. The van der Waals surface area contributed by atoms with Crippen molar-refractivity contribution in [3.05, 3.63) is 41.5 Å². The van der Waals surface area contributed by atoms with E-state index in [-0.39, 0.29) is 12.4 Å². The Morgan fingerprint density at radius 1 is 0.882 bits per heavy atom. The van der Waals surface area contributed by atoms with Crippen LogP contribution in [0.2, 0.25) is 0 Å². The summed E-state index contributed by atoms with van der Waals surface area (Å²) >= 11 is 0. The van der Waals surface area contributed by atoms with Crippen molar-refractivity contribution in [1.29, 1.82) is 0 Å². The number of nitrogens with zero attached hydrogens (tertiary/aromatic N) is 1. The van der Waals surface area contributed by atoms with Crippen LogP contribution in [0, 0.1) is 0 Å². The molecule has 9 nitrogen and oxygen atoms in total. The highest BCUT2D eigenvalue weighted by Gasteiger charge is 2.18. The first-order valence-corrected chi connectivity index (χ1v) is 12.2. The first kappa shape index (κ1) is 27.5. The van der Waals surface area contributed by atoms with Gasteiger partial charge in [0.2, 0.25) is 5.75 Å². The molecule has 0 heterocycles. The molecule has 34 heavy (non-hydrogen) atoms. The molecule has 0 aliphatic carbocycles. The van der Waals surface area contributed by atoms with Crippen LogP contribution in [0.15, 0.2) is 30.3 Å². The van der Waals surface area contributed by atoms with Gasteiger partial charge in [0.15, 0.2) is 23.0 Å². The van der Waals surface area contributed by atoms with E-state index in [1.54, 1.807) is 57.6 Å². The fourth-order valence-corrected chi connectivity index (χ4v) is 3.68. The second kappa shape index (κ2) is 12.1. The van der Waals surface area contributed by atoms with E-state index in [0.29, 0.717) is 46.2 Å². The van der Waals surface area contributed by atoms with Crippen molar-refractivity contribution in [2.45, 2.75) is 6.92 Å². The predicted molar refractivity (Wildman–Crippen MR) is 130 cm³/mol. The van der Waals surface area contributed by atoms with Gasteiger partial charge in [-0.05, 0) is 42.3 Å². The number of hydrogen-bond acceptors (Lipinski definition) is 8. The molecule has 10 heteroatoms. The molecule has 2 aromatic rings. The van der Waals surface area contributed by atoms with E-state index < -0.39 is 7.82 Å². The quantitative estimate of drug-likeness (QED) is 0.235. The molecule has 0 saturated heterocycles. The lowest BCUT2D eigenvalue weighted by Gasteiger charge is -2.28. The Kier molecular flexibility index (Phi) is 9.82. The number of hydrogen-bond donors (Lipinski definition) is 0. The van der Waals surface area contributed by atoms with Gasteiger partial charge in [0.25, 0.3) is 0 Å². The first-order chi connectivity index (χ1) is 16.0. The highest BCUT2D eigenvalue weighted by Crippen LogP contribution is 2.44. The summed E-state index contributed by atoms with van der Waals surface area (Å²) in [6.45, 7) is 2.67. The maximum Gasteiger partial charge on any atom is 0.320 e. The molecular weight excluding hydrogens is 461 g/mol. The van der Waals surface area contributed by atoms with Crippen molar-refractivity contribution in [2.75, 3.05) is 62.2 Å². The lowest BCUT2D eigenvalue weighted by Crippen LogP contribution is -2.37. The third kappa shape index (κ3) is 8.25. The predicted octanol–water partition coefficient (Wildman–Crippen LogP) is 3.85. The molecule has 0 fully saturated rings. The Morgan fingerprint density at radius 2 is 1.47 bits per heavy atom. The maximum absolute atomic E-state index is 12.4. The largest absolute Gasteiger partial charge is 0.746 e. The van der Waals surface area contributed by atoms with Gasteiger partial charge in [-0.1, -0.05) is 18.2 Å². The zero-order valence-electron chi connectivity index (χ0n) is 20.8. The summed E-state index contributed by atoms with van der Waals surface area (Å²) in [5.74, 6) is 1.90. The van der Waals surface area contributed by atoms with Crippen LogP contribution in [0.3, 0.4) is 0 Å². The third-order valence-corrected chi connectivity index (χ3v) is 5.56. The average molecular weight is 496 g/mol. The smallest absolute Gasteiger partial charge is 0.320 e. The summed E-state index contributed by atoms with van der Waals surface area (Å²) in [5, 5.41) is 0. The highest BCUT2D eigenvalue weighted by molar-refractivity contribution is 7.46. The molecule has 0 saturated carbocycles. The number of benzene rings is 2. The average Bonchev–Trinajstić information content (AvgIpc) is 2.77. The minimum Gasteiger partial charge on any atom is -0.746 e. The number of rotatable bonds is 13. The van der Waals surface area contributed by atoms with E-state index in [1.165, 1.54) is 7.11 Å². The van der Waals surface area contributed by atoms with Gasteiger partial charge in [0.05, 0.1) is 49.1 Å². The van der Waals surface area contributed by atoms with Gasteiger partial charge >= 0.3 is 7.82 Å². The van der Waals surface area contributed by atoms with Crippen molar-refractivity contribution in [2.24, 2.45) is 0 Å². The molecule has 0 spiro atoms. The van der Waals surface area contributed by atoms with Gasteiger partial charge in [-0.2, -0.15) is 0 Å². The van der Waals surface area contributed by atoms with Gasteiger partial charge in [-0.3, -0.25) is 4.57 Å². The Labute approximate surface area is 201 Å². The molecule has 1 atom stereocenters.